The number of fused-ring (bicyclic) bond motifs is 1. The lowest BCUT2D eigenvalue weighted by molar-refractivity contribution is 1.05. The minimum absolute atomic E-state index is 0.604. The van der Waals surface area contributed by atoms with Crippen molar-refractivity contribution in [2.24, 2.45) is 0 Å². The second-order valence-electron chi connectivity index (χ2n) is 3.34. The zero-order valence-electron chi connectivity index (χ0n) is 8.41. The van der Waals surface area contributed by atoms with E-state index in [1.54, 1.807) is 6.20 Å². The van der Waals surface area contributed by atoms with Gasteiger partial charge in [-0.3, -0.25) is 4.98 Å². The molecule has 0 aliphatic rings. The molecule has 0 aliphatic carbocycles. The highest BCUT2D eigenvalue weighted by Crippen LogP contribution is 2.22. The third kappa shape index (κ3) is 1.40. The monoisotopic (exact) mass is 208 g/mol. The van der Waals surface area contributed by atoms with Crippen molar-refractivity contribution in [1.29, 1.82) is 0 Å². The highest BCUT2D eigenvalue weighted by Gasteiger charge is 2.06. The molecular formula is C12H8N4. The van der Waals surface area contributed by atoms with Gasteiger partial charge in [-0.05, 0) is 11.5 Å². The summed E-state index contributed by atoms with van der Waals surface area (Å²) in [6, 6.07) is 10.0. The van der Waals surface area contributed by atoms with Crippen LogP contribution in [-0.4, -0.2) is 19.9 Å². The molecule has 0 atom stereocenters. The van der Waals surface area contributed by atoms with Crippen molar-refractivity contribution in [1.82, 2.24) is 19.9 Å². The van der Waals surface area contributed by atoms with Crippen molar-refractivity contribution in [2.45, 2.75) is 0 Å². The van der Waals surface area contributed by atoms with Crippen LogP contribution in [0.25, 0.3) is 22.3 Å². The molecule has 3 aromatic rings. The first kappa shape index (κ1) is 8.91. The molecule has 0 saturated heterocycles. The van der Waals surface area contributed by atoms with Crippen molar-refractivity contribution in [3.63, 3.8) is 0 Å². The Hall–Kier alpha value is -2.36. The van der Waals surface area contributed by atoms with Crippen molar-refractivity contribution in [3.05, 3.63) is 49.2 Å². The summed E-state index contributed by atoms with van der Waals surface area (Å²) >= 11 is 0. The molecule has 2 aromatic heterocycles. The maximum absolute atomic E-state index is 4.32. The Morgan fingerprint density at radius 2 is 1.62 bits per heavy atom. The van der Waals surface area contributed by atoms with Gasteiger partial charge in [0.2, 0.25) is 0 Å². The third-order valence-corrected chi connectivity index (χ3v) is 2.38. The fraction of sp³-hybridized carbons (Fsp3) is 0. The Bertz CT molecular complexity index is 617. The molecule has 16 heavy (non-hydrogen) atoms. The number of benzene rings is 1. The summed E-state index contributed by atoms with van der Waals surface area (Å²) in [5, 5.41) is 2.18. The zero-order chi connectivity index (χ0) is 10.8. The Morgan fingerprint density at radius 3 is 2.50 bits per heavy atom. The van der Waals surface area contributed by atoms with E-state index >= 15 is 0 Å². The van der Waals surface area contributed by atoms with Crippen molar-refractivity contribution >= 4 is 10.8 Å². The lowest BCUT2D eigenvalue weighted by Gasteiger charge is -2.02. The smallest absolute Gasteiger partial charge is 0.181 e. The molecule has 0 unspecified atom stereocenters. The SMILES string of the molecule is c1ccc2c(-c3ncncn3)nccc2c1. The predicted octanol–water partition coefficient (Wildman–Crippen LogP) is 2.09. The van der Waals surface area contributed by atoms with Crippen LogP contribution in [0.15, 0.2) is 49.2 Å². The molecule has 4 heteroatoms. The molecule has 0 spiro atoms. The number of rotatable bonds is 1. The number of nitrogens with zero attached hydrogens (tertiary/aromatic N) is 4. The van der Waals surface area contributed by atoms with E-state index in [2.05, 4.69) is 19.9 Å². The molecular weight excluding hydrogens is 200 g/mol. The molecule has 0 N–H and O–H groups in total. The first-order valence-electron chi connectivity index (χ1n) is 4.91. The minimum Gasteiger partial charge on any atom is -0.252 e. The van der Waals surface area contributed by atoms with Crippen LogP contribution in [0, 0.1) is 0 Å². The molecule has 0 bridgehead atoms. The molecule has 3 rings (SSSR count). The van der Waals surface area contributed by atoms with Gasteiger partial charge in [-0.2, -0.15) is 0 Å². The van der Waals surface area contributed by atoms with Crippen molar-refractivity contribution in [3.8, 4) is 11.5 Å². The van der Waals surface area contributed by atoms with Crippen molar-refractivity contribution < 1.29 is 0 Å². The maximum Gasteiger partial charge on any atom is 0.181 e. The lowest BCUT2D eigenvalue weighted by atomic mass is 10.1. The second kappa shape index (κ2) is 3.66. The van der Waals surface area contributed by atoms with E-state index in [1.165, 1.54) is 12.7 Å². The van der Waals surface area contributed by atoms with Crippen LogP contribution in [-0.2, 0) is 0 Å². The van der Waals surface area contributed by atoms with E-state index < -0.39 is 0 Å². The van der Waals surface area contributed by atoms with Crippen LogP contribution in [0.2, 0.25) is 0 Å². The quantitative estimate of drug-likeness (QED) is 0.614. The molecule has 0 radical (unpaired) electrons. The molecule has 4 nitrogen and oxygen atoms in total. The van der Waals surface area contributed by atoms with Gasteiger partial charge in [0.05, 0.1) is 0 Å². The lowest BCUT2D eigenvalue weighted by Crippen LogP contribution is -1.92. The van der Waals surface area contributed by atoms with E-state index in [9.17, 15) is 0 Å². The molecule has 1 aromatic carbocycles. The number of hydrogen-bond donors (Lipinski definition) is 0. The minimum atomic E-state index is 0.604. The van der Waals surface area contributed by atoms with E-state index in [0.29, 0.717) is 5.82 Å². The highest BCUT2D eigenvalue weighted by molar-refractivity contribution is 5.92. The molecule has 0 amide bonds. The van der Waals surface area contributed by atoms with Crippen LogP contribution >= 0.6 is 0 Å². The van der Waals surface area contributed by atoms with E-state index in [1.807, 2.05) is 30.3 Å². The maximum atomic E-state index is 4.32. The summed E-state index contributed by atoms with van der Waals surface area (Å²) in [7, 11) is 0. The van der Waals surface area contributed by atoms with E-state index in [4.69, 9.17) is 0 Å². The Morgan fingerprint density at radius 1 is 0.812 bits per heavy atom. The topological polar surface area (TPSA) is 51.6 Å². The highest BCUT2D eigenvalue weighted by atomic mass is 15.0. The standard InChI is InChI=1S/C12H8N4/c1-2-4-10-9(3-1)5-6-14-11(10)12-15-7-13-8-16-12/h1-8H. The molecule has 76 valence electrons. The molecule has 0 saturated carbocycles. The summed E-state index contributed by atoms with van der Waals surface area (Å²) in [5.41, 5.74) is 0.792. The number of aromatic nitrogens is 4. The predicted molar refractivity (Wildman–Crippen MR) is 60.6 cm³/mol. The van der Waals surface area contributed by atoms with Crippen LogP contribution in [0.3, 0.4) is 0 Å². The van der Waals surface area contributed by atoms with Gasteiger partial charge in [0.25, 0.3) is 0 Å². The zero-order valence-corrected chi connectivity index (χ0v) is 8.41. The van der Waals surface area contributed by atoms with Gasteiger partial charge < -0.3 is 0 Å². The fourth-order valence-electron chi connectivity index (χ4n) is 1.66. The van der Waals surface area contributed by atoms with Crippen LogP contribution in [0.5, 0.6) is 0 Å². The van der Waals surface area contributed by atoms with E-state index in [-0.39, 0.29) is 0 Å². The van der Waals surface area contributed by atoms with Gasteiger partial charge in [-0.1, -0.05) is 24.3 Å². The Balaban J connectivity index is 2.32. The van der Waals surface area contributed by atoms with Crippen LogP contribution < -0.4 is 0 Å². The summed E-state index contributed by atoms with van der Waals surface area (Å²) in [5.74, 6) is 0.604. The molecule has 2 heterocycles. The largest absolute Gasteiger partial charge is 0.252 e. The van der Waals surface area contributed by atoms with Gasteiger partial charge in [0, 0.05) is 11.6 Å². The Kier molecular flexibility index (Phi) is 2.04. The fourth-order valence-corrected chi connectivity index (χ4v) is 1.66. The van der Waals surface area contributed by atoms with Gasteiger partial charge in [-0.15, -0.1) is 0 Å². The Labute approximate surface area is 92.0 Å². The van der Waals surface area contributed by atoms with Crippen LogP contribution in [0.1, 0.15) is 0 Å². The summed E-state index contributed by atoms with van der Waals surface area (Å²) in [4.78, 5) is 16.4. The number of pyridine rings is 1. The van der Waals surface area contributed by atoms with Gasteiger partial charge in [-0.25, -0.2) is 15.0 Å². The van der Waals surface area contributed by atoms with Crippen molar-refractivity contribution in [2.75, 3.05) is 0 Å². The molecule has 0 fully saturated rings. The third-order valence-electron chi connectivity index (χ3n) is 2.38. The van der Waals surface area contributed by atoms with Gasteiger partial charge >= 0.3 is 0 Å². The average Bonchev–Trinajstić information content (AvgIpc) is 2.39. The normalized spacial score (nSPS) is 10.5. The summed E-state index contributed by atoms with van der Waals surface area (Å²) < 4.78 is 0. The molecule has 0 aliphatic heterocycles. The van der Waals surface area contributed by atoms with Gasteiger partial charge in [0.15, 0.2) is 5.82 Å². The van der Waals surface area contributed by atoms with Gasteiger partial charge in [0.1, 0.15) is 18.3 Å². The van der Waals surface area contributed by atoms with E-state index in [0.717, 1.165) is 16.5 Å². The first-order valence-corrected chi connectivity index (χ1v) is 4.91. The summed E-state index contributed by atoms with van der Waals surface area (Å²) in [6.07, 6.45) is 4.72. The summed E-state index contributed by atoms with van der Waals surface area (Å²) in [6.45, 7) is 0. The first-order chi connectivity index (χ1) is 7.95. The average molecular weight is 208 g/mol. The number of hydrogen-bond acceptors (Lipinski definition) is 4. The second-order valence-corrected chi connectivity index (χ2v) is 3.34. The van der Waals surface area contributed by atoms with Crippen LogP contribution in [0.4, 0.5) is 0 Å².